The second kappa shape index (κ2) is 23.1. The number of thiazole rings is 1. The van der Waals surface area contributed by atoms with Crippen LogP contribution in [0.3, 0.4) is 0 Å². The summed E-state index contributed by atoms with van der Waals surface area (Å²) < 4.78 is 33.6. The molecule has 1 saturated heterocycles. The van der Waals surface area contributed by atoms with Gasteiger partial charge in [-0.15, -0.1) is 21.5 Å². The van der Waals surface area contributed by atoms with Crippen molar-refractivity contribution in [3.63, 3.8) is 0 Å². The van der Waals surface area contributed by atoms with Gasteiger partial charge in [-0.3, -0.25) is 23.6 Å². The number of nitrogens with one attached hydrogen (secondary N) is 4. The van der Waals surface area contributed by atoms with Crippen molar-refractivity contribution in [2.45, 2.75) is 84.7 Å². The molecule has 22 heteroatoms. The van der Waals surface area contributed by atoms with E-state index in [1.807, 2.05) is 52.0 Å². The SMILES string of the molecule is Cc1ncsc1-c1ccc(CNC(=O)[C@@H]2C[C@@H](O)CN2C(=O)[C@@H](NC(=O)COc2ccc(OCCNC(=O)CCc3ccc(-c4cnc(NCc5c(F)ccc6c5CCO6)n5cnnc45)c(N)n3)cc2)C(C)(C)C)cc1. The number of likely N-dealkylation sites (tertiary alicyclic amines) is 1. The van der Waals surface area contributed by atoms with Crippen LogP contribution >= 0.6 is 11.3 Å². The van der Waals surface area contributed by atoms with E-state index in [4.69, 9.17) is 19.9 Å². The molecule has 20 nitrogen and oxygen atoms in total. The molecule has 4 aromatic heterocycles. The van der Waals surface area contributed by atoms with Gasteiger partial charge in [0, 0.05) is 73.0 Å². The van der Waals surface area contributed by atoms with E-state index in [0.29, 0.717) is 70.7 Å². The first kappa shape index (κ1) is 52.6. The first-order valence-electron chi connectivity index (χ1n) is 24.9. The van der Waals surface area contributed by atoms with E-state index in [9.17, 15) is 28.7 Å². The first-order chi connectivity index (χ1) is 36.6. The smallest absolute Gasteiger partial charge is 0.258 e. The molecule has 2 aliphatic rings. The summed E-state index contributed by atoms with van der Waals surface area (Å²) in [6.07, 6.45) is 3.42. The highest BCUT2D eigenvalue weighted by atomic mass is 32.1. The van der Waals surface area contributed by atoms with Crippen molar-refractivity contribution in [3.05, 3.63) is 125 Å². The zero-order valence-corrected chi connectivity index (χ0v) is 43.3. The van der Waals surface area contributed by atoms with Gasteiger partial charge in [0.2, 0.25) is 23.7 Å². The Morgan fingerprint density at radius 2 is 1.72 bits per heavy atom. The van der Waals surface area contributed by atoms with Gasteiger partial charge in [-0.05, 0) is 78.4 Å². The number of aliphatic hydroxyl groups is 1. The number of carbonyl (C=O) groups excluding carboxylic acids is 4. The number of β-amino-alcohol motifs (C(OH)–C–C–N with tert-alkyl or cyclic N) is 1. The molecule has 1 fully saturated rings. The van der Waals surface area contributed by atoms with Crippen LogP contribution in [-0.4, -0.2) is 114 Å². The molecular formula is C54H59FN12O8S. The van der Waals surface area contributed by atoms with E-state index in [0.717, 1.165) is 27.3 Å². The predicted octanol–water partition coefficient (Wildman–Crippen LogP) is 5.20. The number of nitrogen functional groups attached to an aromatic ring is 1. The molecule has 0 saturated carbocycles. The van der Waals surface area contributed by atoms with Gasteiger partial charge in [-0.2, -0.15) is 0 Å². The number of aromatic nitrogens is 6. The highest BCUT2D eigenvalue weighted by Crippen LogP contribution is 2.33. The topological polar surface area (TPSA) is 262 Å². The van der Waals surface area contributed by atoms with Gasteiger partial charge in [0.25, 0.3) is 5.91 Å². The number of anilines is 2. The quantitative estimate of drug-likeness (QED) is 0.0536. The molecule has 0 spiro atoms. The number of pyridine rings is 1. The van der Waals surface area contributed by atoms with E-state index < -0.39 is 41.3 Å². The lowest BCUT2D eigenvalue weighted by molar-refractivity contribution is -0.144. The van der Waals surface area contributed by atoms with Gasteiger partial charge in [-0.1, -0.05) is 45.0 Å². The Bertz CT molecular complexity index is 3240. The summed E-state index contributed by atoms with van der Waals surface area (Å²) in [5.41, 5.74) is 14.0. The van der Waals surface area contributed by atoms with E-state index in [1.165, 1.54) is 17.3 Å². The number of fused-ring (bicyclic) bond motifs is 2. The molecule has 4 amide bonds. The second-order valence-electron chi connectivity index (χ2n) is 19.6. The average molecular weight is 1060 g/mol. The maximum absolute atomic E-state index is 14.8. The molecule has 7 N–H and O–H groups in total. The van der Waals surface area contributed by atoms with Gasteiger partial charge in [-0.25, -0.2) is 19.3 Å². The lowest BCUT2D eigenvalue weighted by Gasteiger charge is -2.35. The van der Waals surface area contributed by atoms with E-state index >= 15 is 0 Å². The third kappa shape index (κ3) is 12.3. The average Bonchev–Trinajstić information content (AvgIpc) is 4.26. The number of amides is 4. The van der Waals surface area contributed by atoms with Crippen LogP contribution in [0.4, 0.5) is 16.2 Å². The molecule has 3 aromatic carbocycles. The number of carbonyl (C=O) groups is 4. The molecule has 76 heavy (non-hydrogen) atoms. The zero-order valence-electron chi connectivity index (χ0n) is 42.5. The Morgan fingerprint density at radius 1 is 0.947 bits per heavy atom. The van der Waals surface area contributed by atoms with Crippen LogP contribution in [0.25, 0.3) is 27.2 Å². The van der Waals surface area contributed by atoms with Gasteiger partial charge in [0.1, 0.15) is 53.9 Å². The van der Waals surface area contributed by atoms with Crippen LogP contribution in [0.15, 0.2) is 90.8 Å². The van der Waals surface area contributed by atoms with E-state index in [1.54, 1.807) is 69.9 Å². The summed E-state index contributed by atoms with van der Waals surface area (Å²) in [6, 6.07) is 19.1. The Hall–Kier alpha value is -8.24. The van der Waals surface area contributed by atoms with Crippen LogP contribution in [0.5, 0.6) is 17.2 Å². The van der Waals surface area contributed by atoms with Crippen LogP contribution in [0, 0.1) is 18.2 Å². The minimum atomic E-state index is -1.02. The number of nitrogens with zero attached hydrogens (tertiary/aromatic N) is 7. The number of aryl methyl sites for hydroxylation is 2. The molecule has 6 heterocycles. The lowest BCUT2D eigenvalue weighted by Crippen LogP contribution is -2.58. The number of hydrogen-bond donors (Lipinski definition) is 6. The van der Waals surface area contributed by atoms with Crippen LogP contribution in [-0.2, 0) is 45.1 Å². The number of aliphatic hydroxyl groups excluding tert-OH is 1. The fourth-order valence-corrected chi connectivity index (χ4v) is 9.96. The minimum Gasteiger partial charge on any atom is -0.493 e. The minimum absolute atomic E-state index is 0.0463. The molecule has 396 valence electrons. The Morgan fingerprint density at radius 3 is 2.46 bits per heavy atom. The van der Waals surface area contributed by atoms with E-state index in [-0.39, 0.29) is 69.8 Å². The Balaban J connectivity index is 0.690. The van der Waals surface area contributed by atoms with Crippen molar-refractivity contribution in [1.29, 1.82) is 0 Å². The number of ether oxygens (including phenoxy) is 3. The van der Waals surface area contributed by atoms with Crippen molar-refractivity contribution in [3.8, 4) is 38.8 Å². The fourth-order valence-electron chi connectivity index (χ4n) is 9.15. The summed E-state index contributed by atoms with van der Waals surface area (Å²) in [5.74, 6) is 0.302. The summed E-state index contributed by atoms with van der Waals surface area (Å²) in [6.45, 7) is 8.32. The summed E-state index contributed by atoms with van der Waals surface area (Å²) >= 11 is 1.56. The van der Waals surface area contributed by atoms with Gasteiger partial charge in [0.05, 0.1) is 35.3 Å². The molecule has 7 aromatic rings. The summed E-state index contributed by atoms with van der Waals surface area (Å²) in [4.78, 5) is 69.4. The summed E-state index contributed by atoms with van der Waals surface area (Å²) in [7, 11) is 0. The standard InChI is InChI=1S/C54H59FN12O8S/c1-31-47(76-30-61-31)33-7-5-32(6-8-33)24-58-51(71)43-23-35(68)27-66(43)52(72)48(54(2,3)4)64-46(70)28-75-37-13-11-36(12-14-37)73-22-20-57-45(69)18-10-34-9-15-39(49(56)63-34)41-26-60-53(67-29-62-65-50(41)67)59-25-40-38-19-21-74-44(38)17-16-42(40)55/h5-9,11-17,26,29-30,35,43,48,68H,10,18-25,27-28H2,1-4H3,(H2,56,63)(H,57,69)(H,58,71)(H,59,60)(H,64,70)/t35-,43+,48-/m1/s1. The molecule has 0 bridgehead atoms. The molecular weight excluding hydrogens is 996 g/mol. The molecule has 0 aliphatic carbocycles. The van der Waals surface area contributed by atoms with Crippen LogP contribution in [0.2, 0.25) is 0 Å². The summed E-state index contributed by atoms with van der Waals surface area (Å²) in [5, 5.41) is 30.7. The van der Waals surface area contributed by atoms with Crippen molar-refractivity contribution < 1.29 is 42.9 Å². The first-order valence-corrected chi connectivity index (χ1v) is 25.8. The maximum Gasteiger partial charge on any atom is 0.258 e. The number of nitrogens with two attached hydrogens (primary N) is 1. The third-order valence-electron chi connectivity index (χ3n) is 13.2. The lowest BCUT2D eigenvalue weighted by atomic mass is 9.85. The number of hydrogen-bond acceptors (Lipinski definition) is 16. The highest BCUT2D eigenvalue weighted by Gasteiger charge is 2.44. The van der Waals surface area contributed by atoms with Crippen molar-refractivity contribution in [2.24, 2.45) is 5.41 Å². The molecule has 0 radical (unpaired) electrons. The number of benzene rings is 3. The zero-order chi connectivity index (χ0) is 53.5. The number of halogens is 1. The van der Waals surface area contributed by atoms with Crippen molar-refractivity contribution in [2.75, 3.05) is 44.0 Å². The molecule has 9 rings (SSSR count). The largest absolute Gasteiger partial charge is 0.493 e. The third-order valence-corrected chi connectivity index (χ3v) is 14.2. The normalized spacial score (nSPS) is 15.4. The highest BCUT2D eigenvalue weighted by molar-refractivity contribution is 7.13. The number of rotatable bonds is 20. The second-order valence-corrected chi connectivity index (χ2v) is 20.5. The van der Waals surface area contributed by atoms with Gasteiger partial charge >= 0.3 is 0 Å². The molecule has 2 aliphatic heterocycles. The van der Waals surface area contributed by atoms with Crippen molar-refractivity contribution >= 4 is 52.4 Å². The Labute approximate surface area is 441 Å². The van der Waals surface area contributed by atoms with E-state index in [2.05, 4.69) is 46.4 Å². The van der Waals surface area contributed by atoms with Crippen molar-refractivity contribution in [1.82, 2.24) is 50.4 Å². The van der Waals surface area contributed by atoms with Crippen LogP contribution in [0.1, 0.15) is 61.7 Å². The van der Waals surface area contributed by atoms with Gasteiger partial charge < -0.3 is 51.2 Å². The fraction of sp³-hybridized carbons (Fsp3) is 0.352. The molecule has 3 atom stereocenters. The molecule has 0 unspecified atom stereocenters. The maximum atomic E-state index is 14.8. The monoisotopic (exact) mass is 1050 g/mol. The Kier molecular flexibility index (Phi) is 16.0. The van der Waals surface area contributed by atoms with Gasteiger partial charge in [0.15, 0.2) is 12.3 Å². The van der Waals surface area contributed by atoms with Crippen LogP contribution < -0.4 is 41.2 Å². The predicted molar refractivity (Wildman–Crippen MR) is 282 cm³/mol.